The second kappa shape index (κ2) is 5.54. The van der Waals surface area contributed by atoms with E-state index in [9.17, 15) is 4.79 Å². The highest BCUT2D eigenvalue weighted by molar-refractivity contribution is 5.99. The van der Waals surface area contributed by atoms with Gasteiger partial charge in [0.05, 0.1) is 11.8 Å². The minimum atomic E-state index is -0.356. The van der Waals surface area contributed by atoms with Crippen molar-refractivity contribution in [1.82, 2.24) is 5.43 Å². The van der Waals surface area contributed by atoms with Gasteiger partial charge in [-0.25, -0.2) is 5.43 Å². The average molecular weight is 283 g/mol. The van der Waals surface area contributed by atoms with Crippen LogP contribution in [0.15, 0.2) is 47.6 Å². The van der Waals surface area contributed by atoms with Gasteiger partial charge in [0.2, 0.25) is 6.79 Å². The first-order valence-electron chi connectivity index (χ1n) is 6.31. The SMILES string of the molecule is Nc1ccccc1C(=O)N/N=C/c1ccc2c(c1)OCO2. The molecule has 0 unspecified atom stereocenters. The first-order chi connectivity index (χ1) is 10.2. The number of nitrogens with zero attached hydrogens (tertiary/aromatic N) is 1. The number of hydrogen-bond donors (Lipinski definition) is 2. The molecular formula is C15H13N3O3. The molecule has 0 spiro atoms. The van der Waals surface area contributed by atoms with E-state index >= 15 is 0 Å². The Labute approximate surface area is 121 Å². The van der Waals surface area contributed by atoms with Crippen molar-refractivity contribution in [2.24, 2.45) is 5.10 Å². The summed E-state index contributed by atoms with van der Waals surface area (Å²) >= 11 is 0. The first-order valence-corrected chi connectivity index (χ1v) is 6.31. The Balaban J connectivity index is 1.67. The van der Waals surface area contributed by atoms with Crippen molar-refractivity contribution >= 4 is 17.8 Å². The van der Waals surface area contributed by atoms with E-state index in [1.165, 1.54) is 6.21 Å². The second-order valence-electron chi connectivity index (χ2n) is 4.40. The fraction of sp³-hybridized carbons (Fsp3) is 0.0667. The molecule has 6 nitrogen and oxygen atoms in total. The van der Waals surface area contributed by atoms with Crippen LogP contribution in [-0.2, 0) is 0 Å². The van der Waals surface area contributed by atoms with E-state index in [2.05, 4.69) is 10.5 Å². The van der Waals surface area contributed by atoms with Gasteiger partial charge in [-0.15, -0.1) is 0 Å². The molecule has 3 N–H and O–H groups in total. The topological polar surface area (TPSA) is 85.9 Å². The number of hydrogen-bond acceptors (Lipinski definition) is 5. The van der Waals surface area contributed by atoms with Crippen molar-refractivity contribution in [1.29, 1.82) is 0 Å². The Kier molecular flexibility index (Phi) is 3.42. The van der Waals surface area contributed by atoms with E-state index in [0.29, 0.717) is 22.7 Å². The molecule has 0 saturated heterocycles. The summed E-state index contributed by atoms with van der Waals surface area (Å²) in [6.45, 7) is 0.222. The van der Waals surface area contributed by atoms with Crippen LogP contribution in [0, 0.1) is 0 Å². The molecule has 0 fully saturated rings. The Morgan fingerprint density at radius 1 is 1.19 bits per heavy atom. The number of amides is 1. The van der Waals surface area contributed by atoms with Crippen LogP contribution in [0.3, 0.4) is 0 Å². The number of carbonyl (C=O) groups is 1. The molecule has 0 saturated carbocycles. The number of ether oxygens (including phenoxy) is 2. The number of fused-ring (bicyclic) bond motifs is 1. The first kappa shape index (κ1) is 13.0. The zero-order chi connectivity index (χ0) is 14.7. The van der Waals surface area contributed by atoms with E-state index in [1.807, 2.05) is 6.07 Å². The molecule has 0 aliphatic carbocycles. The average Bonchev–Trinajstić information content (AvgIpc) is 2.95. The summed E-state index contributed by atoms with van der Waals surface area (Å²) in [6.07, 6.45) is 1.53. The molecule has 0 aromatic heterocycles. The summed E-state index contributed by atoms with van der Waals surface area (Å²) in [6, 6.07) is 12.2. The summed E-state index contributed by atoms with van der Waals surface area (Å²) in [5, 5.41) is 3.91. The number of nitrogen functional groups attached to an aromatic ring is 1. The number of nitrogens with two attached hydrogens (primary N) is 1. The van der Waals surface area contributed by atoms with E-state index in [0.717, 1.165) is 5.56 Å². The number of nitrogens with one attached hydrogen (secondary N) is 1. The number of benzene rings is 2. The Morgan fingerprint density at radius 2 is 2.00 bits per heavy atom. The van der Waals surface area contributed by atoms with Crippen LogP contribution < -0.4 is 20.6 Å². The molecule has 2 aromatic carbocycles. The van der Waals surface area contributed by atoms with Gasteiger partial charge >= 0.3 is 0 Å². The maximum absolute atomic E-state index is 11.9. The molecule has 3 rings (SSSR count). The third-order valence-electron chi connectivity index (χ3n) is 2.98. The van der Waals surface area contributed by atoms with Crippen molar-refractivity contribution in [2.75, 3.05) is 12.5 Å². The zero-order valence-electron chi connectivity index (χ0n) is 11.1. The number of rotatable bonds is 3. The molecule has 106 valence electrons. The number of hydrazone groups is 1. The fourth-order valence-electron chi connectivity index (χ4n) is 1.92. The highest BCUT2D eigenvalue weighted by atomic mass is 16.7. The van der Waals surface area contributed by atoms with Gasteiger partial charge in [0.1, 0.15) is 0 Å². The largest absolute Gasteiger partial charge is 0.454 e. The molecule has 1 amide bonds. The maximum atomic E-state index is 11.9. The van der Waals surface area contributed by atoms with E-state index in [4.69, 9.17) is 15.2 Å². The van der Waals surface area contributed by atoms with Gasteiger partial charge in [0.15, 0.2) is 11.5 Å². The third kappa shape index (κ3) is 2.79. The molecule has 0 bridgehead atoms. The van der Waals surface area contributed by atoms with E-state index in [-0.39, 0.29) is 12.7 Å². The lowest BCUT2D eigenvalue weighted by atomic mass is 10.2. The van der Waals surface area contributed by atoms with Crippen molar-refractivity contribution in [3.8, 4) is 11.5 Å². The third-order valence-corrected chi connectivity index (χ3v) is 2.98. The molecule has 2 aromatic rings. The van der Waals surface area contributed by atoms with Gasteiger partial charge in [-0.05, 0) is 35.9 Å². The number of para-hydroxylation sites is 1. The van der Waals surface area contributed by atoms with Crippen LogP contribution in [0.5, 0.6) is 11.5 Å². The summed E-state index contributed by atoms with van der Waals surface area (Å²) < 4.78 is 10.5. The molecular weight excluding hydrogens is 270 g/mol. The zero-order valence-corrected chi connectivity index (χ0v) is 11.1. The van der Waals surface area contributed by atoms with E-state index < -0.39 is 0 Å². The molecule has 1 aliphatic rings. The van der Waals surface area contributed by atoms with Gasteiger partial charge in [-0.3, -0.25) is 4.79 Å². The predicted molar refractivity (Wildman–Crippen MR) is 78.5 cm³/mol. The second-order valence-corrected chi connectivity index (χ2v) is 4.40. The minimum absolute atomic E-state index is 0.222. The standard InChI is InChI=1S/C15H13N3O3/c16-12-4-2-1-3-11(12)15(19)18-17-8-10-5-6-13-14(7-10)21-9-20-13/h1-8H,9,16H2,(H,18,19)/b17-8+. The highest BCUT2D eigenvalue weighted by Gasteiger charge is 2.12. The monoisotopic (exact) mass is 283 g/mol. The van der Waals surface area contributed by atoms with Crippen LogP contribution in [0.25, 0.3) is 0 Å². The van der Waals surface area contributed by atoms with Gasteiger partial charge < -0.3 is 15.2 Å². The van der Waals surface area contributed by atoms with Crippen LogP contribution in [0.1, 0.15) is 15.9 Å². The lowest BCUT2D eigenvalue weighted by Gasteiger charge is -2.03. The normalized spacial score (nSPS) is 12.6. The van der Waals surface area contributed by atoms with Crippen LogP contribution in [0.4, 0.5) is 5.69 Å². The van der Waals surface area contributed by atoms with Gasteiger partial charge in [0, 0.05) is 5.69 Å². The summed E-state index contributed by atoms with van der Waals surface area (Å²) in [7, 11) is 0. The Morgan fingerprint density at radius 3 is 2.86 bits per heavy atom. The molecule has 0 atom stereocenters. The van der Waals surface area contributed by atoms with Crippen molar-refractivity contribution in [3.05, 3.63) is 53.6 Å². The molecule has 0 radical (unpaired) electrons. The van der Waals surface area contributed by atoms with Crippen LogP contribution >= 0.6 is 0 Å². The number of anilines is 1. The smallest absolute Gasteiger partial charge is 0.273 e. The lowest BCUT2D eigenvalue weighted by Crippen LogP contribution is -2.18. The van der Waals surface area contributed by atoms with Gasteiger partial charge in [0.25, 0.3) is 5.91 Å². The molecule has 1 aliphatic heterocycles. The van der Waals surface area contributed by atoms with Crippen molar-refractivity contribution < 1.29 is 14.3 Å². The lowest BCUT2D eigenvalue weighted by molar-refractivity contribution is 0.0956. The quantitative estimate of drug-likeness (QED) is 0.510. The summed E-state index contributed by atoms with van der Waals surface area (Å²) in [5.41, 5.74) is 9.75. The molecule has 1 heterocycles. The number of carbonyl (C=O) groups excluding carboxylic acids is 1. The van der Waals surface area contributed by atoms with Crippen LogP contribution in [-0.4, -0.2) is 18.9 Å². The molecule has 21 heavy (non-hydrogen) atoms. The Hall–Kier alpha value is -3.02. The van der Waals surface area contributed by atoms with Gasteiger partial charge in [-0.1, -0.05) is 12.1 Å². The van der Waals surface area contributed by atoms with Crippen molar-refractivity contribution in [3.63, 3.8) is 0 Å². The minimum Gasteiger partial charge on any atom is -0.454 e. The molecule has 6 heteroatoms. The van der Waals surface area contributed by atoms with Gasteiger partial charge in [-0.2, -0.15) is 5.10 Å². The Bertz CT molecular complexity index is 713. The predicted octanol–water partition coefficient (Wildman–Crippen LogP) is 1.76. The van der Waals surface area contributed by atoms with Crippen molar-refractivity contribution in [2.45, 2.75) is 0 Å². The van der Waals surface area contributed by atoms with E-state index in [1.54, 1.807) is 36.4 Å². The summed E-state index contributed by atoms with van der Waals surface area (Å²) in [4.78, 5) is 11.9. The maximum Gasteiger partial charge on any atom is 0.273 e. The fourth-order valence-corrected chi connectivity index (χ4v) is 1.92. The summed E-state index contributed by atoms with van der Waals surface area (Å²) in [5.74, 6) is 1.01. The van der Waals surface area contributed by atoms with Crippen LogP contribution in [0.2, 0.25) is 0 Å². The highest BCUT2D eigenvalue weighted by Crippen LogP contribution is 2.31.